The SMILES string of the molecule is [CH2-][NH2+]Cc1ccc(OC)c(Cl)c1. The van der Waals surface area contributed by atoms with E-state index in [1.54, 1.807) is 7.11 Å². The lowest BCUT2D eigenvalue weighted by Gasteiger charge is -2.05. The summed E-state index contributed by atoms with van der Waals surface area (Å²) in [7, 11) is 5.26. The van der Waals surface area contributed by atoms with Gasteiger partial charge in [-0.25, -0.2) is 0 Å². The number of nitrogens with two attached hydrogens (primary N) is 1. The normalized spacial score (nSPS) is 9.92. The van der Waals surface area contributed by atoms with Crippen LogP contribution in [0, 0.1) is 7.05 Å². The highest BCUT2D eigenvalue weighted by Gasteiger charge is 2.00. The summed E-state index contributed by atoms with van der Waals surface area (Å²) in [5.74, 6) is 0.712. The summed E-state index contributed by atoms with van der Waals surface area (Å²) in [6.45, 7) is 0.837. The highest BCUT2D eigenvalue weighted by molar-refractivity contribution is 6.32. The maximum absolute atomic E-state index is 5.91. The van der Waals surface area contributed by atoms with E-state index < -0.39 is 0 Å². The molecule has 0 spiro atoms. The molecule has 0 aromatic heterocycles. The van der Waals surface area contributed by atoms with Gasteiger partial charge in [-0.05, 0) is 18.2 Å². The lowest BCUT2D eigenvalue weighted by atomic mass is 10.2. The molecule has 66 valence electrons. The third kappa shape index (κ3) is 2.13. The molecule has 0 heterocycles. The topological polar surface area (TPSA) is 25.8 Å². The number of quaternary nitrogens is 1. The van der Waals surface area contributed by atoms with Gasteiger partial charge in [-0.1, -0.05) is 11.6 Å². The van der Waals surface area contributed by atoms with Gasteiger partial charge in [-0.15, -0.1) is 0 Å². The molecular weight excluding hydrogens is 174 g/mol. The van der Waals surface area contributed by atoms with Crippen LogP contribution in [0.2, 0.25) is 5.02 Å². The number of hydrogen-bond donors (Lipinski definition) is 1. The molecule has 0 amide bonds. The molecule has 0 saturated carbocycles. The Kier molecular flexibility index (Phi) is 3.38. The van der Waals surface area contributed by atoms with E-state index in [1.807, 2.05) is 23.5 Å². The molecule has 3 heteroatoms. The third-order valence-corrected chi connectivity index (χ3v) is 1.89. The van der Waals surface area contributed by atoms with Crippen molar-refractivity contribution in [2.45, 2.75) is 6.54 Å². The van der Waals surface area contributed by atoms with Crippen molar-refractivity contribution < 1.29 is 10.1 Å². The van der Waals surface area contributed by atoms with E-state index in [-0.39, 0.29) is 0 Å². The molecule has 0 aliphatic carbocycles. The average molecular weight is 186 g/mol. The van der Waals surface area contributed by atoms with Crippen LogP contribution in [0.25, 0.3) is 0 Å². The Labute approximate surface area is 77.5 Å². The van der Waals surface area contributed by atoms with Crippen molar-refractivity contribution in [2.24, 2.45) is 0 Å². The van der Waals surface area contributed by atoms with Gasteiger partial charge in [0, 0.05) is 5.56 Å². The third-order valence-electron chi connectivity index (χ3n) is 1.60. The maximum atomic E-state index is 5.91. The Morgan fingerprint density at radius 2 is 2.33 bits per heavy atom. The van der Waals surface area contributed by atoms with Gasteiger partial charge in [0.25, 0.3) is 0 Å². The highest BCUT2D eigenvalue weighted by Crippen LogP contribution is 2.24. The minimum Gasteiger partial charge on any atom is -0.495 e. The zero-order valence-corrected chi connectivity index (χ0v) is 7.77. The van der Waals surface area contributed by atoms with Gasteiger partial charge in [0.15, 0.2) is 0 Å². The molecule has 0 unspecified atom stereocenters. The zero-order chi connectivity index (χ0) is 8.97. The number of methoxy groups -OCH3 is 1. The van der Waals surface area contributed by atoms with E-state index in [0.29, 0.717) is 10.8 Å². The molecule has 0 radical (unpaired) electrons. The summed E-state index contributed by atoms with van der Waals surface area (Å²) in [5, 5.41) is 2.50. The maximum Gasteiger partial charge on any atom is 0.137 e. The number of benzene rings is 1. The Balaban J connectivity index is 2.86. The molecule has 0 bridgehead atoms. The predicted molar refractivity (Wildman–Crippen MR) is 49.0 cm³/mol. The van der Waals surface area contributed by atoms with Crippen LogP contribution in [0.5, 0.6) is 5.75 Å². The van der Waals surface area contributed by atoms with Crippen molar-refractivity contribution in [3.05, 3.63) is 35.8 Å². The van der Waals surface area contributed by atoms with Crippen molar-refractivity contribution in [3.8, 4) is 5.75 Å². The molecule has 1 aromatic carbocycles. The Morgan fingerprint density at radius 3 is 2.83 bits per heavy atom. The number of rotatable bonds is 3. The van der Waals surface area contributed by atoms with Gasteiger partial charge in [0.05, 0.1) is 18.7 Å². The van der Waals surface area contributed by atoms with Crippen LogP contribution in [-0.4, -0.2) is 7.11 Å². The first-order valence-electron chi connectivity index (χ1n) is 3.71. The van der Waals surface area contributed by atoms with Crippen LogP contribution in [0.1, 0.15) is 5.56 Å². The van der Waals surface area contributed by atoms with Gasteiger partial charge in [-0.2, -0.15) is 7.05 Å². The first-order valence-corrected chi connectivity index (χ1v) is 4.09. The second-order valence-electron chi connectivity index (χ2n) is 2.46. The van der Waals surface area contributed by atoms with E-state index in [1.165, 1.54) is 0 Å². The van der Waals surface area contributed by atoms with Gasteiger partial charge in [0.1, 0.15) is 5.75 Å². The molecule has 0 atom stereocenters. The summed E-state index contributed by atoms with van der Waals surface area (Å²) in [5.41, 5.74) is 1.15. The van der Waals surface area contributed by atoms with Crippen LogP contribution in [0.4, 0.5) is 0 Å². The molecule has 2 nitrogen and oxygen atoms in total. The molecule has 0 fully saturated rings. The second kappa shape index (κ2) is 4.33. The van der Waals surface area contributed by atoms with Crippen LogP contribution in [-0.2, 0) is 6.54 Å². The van der Waals surface area contributed by atoms with Crippen molar-refractivity contribution in [1.82, 2.24) is 0 Å². The second-order valence-corrected chi connectivity index (χ2v) is 2.87. The molecule has 0 aliphatic rings. The first kappa shape index (κ1) is 9.36. The van der Waals surface area contributed by atoms with Crippen LogP contribution >= 0.6 is 11.6 Å². The number of halogens is 1. The smallest absolute Gasteiger partial charge is 0.137 e. The molecule has 1 rings (SSSR count). The summed E-state index contributed by atoms with van der Waals surface area (Å²) >= 11 is 5.91. The fourth-order valence-electron chi connectivity index (χ4n) is 1.00. The Bertz CT molecular complexity index is 263. The Morgan fingerprint density at radius 1 is 1.58 bits per heavy atom. The van der Waals surface area contributed by atoms with Crippen LogP contribution in [0.15, 0.2) is 18.2 Å². The fourth-order valence-corrected chi connectivity index (χ4v) is 1.28. The van der Waals surface area contributed by atoms with Crippen molar-refractivity contribution >= 4 is 11.6 Å². The van der Waals surface area contributed by atoms with Gasteiger partial charge in [0.2, 0.25) is 0 Å². The van der Waals surface area contributed by atoms with Crippen molar-refractivity contribution in [1.29, 1.82) is 0 Å². The lowest BCUT2D eigenvalue weighted by molar-refractivity contribution is -0.612. The van der Waals surface area contributed by atoms with Gasteiger partial charge >= 0.3 is 0 Å². The van der Waals surface area contributed by atoms with E-state index in [4.69, 9.17) is 16.3 Å². The Hall–Kier alpha value is -0.730. The number of hydrogen-bond acceptors (Lipinski definition) is 1. The summed E-state index contributed by atoms with van der Waals surface area (Å²) < 4.78 is 5.02. The number of ether oxygens (including phenoxy) is 1. The fraction of sp³-hybridized carbons (Fsp3) is 0.222. The summed E-state index contributed by atoms with van der Waals surface area (Å²) in [6, 6.07) is 5.73. The quantitative estimate of drug-likeness (QED) is 0.704. The van der Waals surface area contributed by atoms with E-state index in [2.05, 4.69) is 7.05 Å². The molecular formula is C9H12ClNO. The molecule has 0 aliphatic heterocycles. The summed E-state index contributed by atoms with van der Waals surface area (Å²) in [4.78, 5) is 0. The lowest BCUT2D eigenvalue weighted by Crippen LogP contribution is -2.74. The molecule has 2 N–H and O–H groups in total. The highest BCUT2D eigenvalue weighted by atomic mass is 35.5. The monoisotopic (exact) mass is 185 g/mol. The average Bonchev–Trinajstić information content (AvgIpc) is 2.05. The van der Waals surface area contributed by atoms with Crippen LogP contribution < -0.4 is 10.1 Å². The largest absolute Gasteiger partial charge is 0.495 e. The van der Waals surface area contributed by atoms with Gasteiger partial charge < -0.3 is 10.1 Å². The van der Waals surface area contributed by atoms with Crippen molar-refractivity contribution in [3.63, 3.8) is 0 Å². The first-order chi connectivity index (χ1) is 5.77. The standard InChI is InChI=1S/C9H12ClNO/c1-11-6-7-3-4-9(12-2)8(10)5-7/h3-5H,1,6,11H2,2H3. The van der Waals surface area contributed by atoms with Crippen LogP contribution in [0.3, 0.4) is 0 Å². The summed E-state index contributed by atoms with van der Waals surface area (Å²) in [6.07, 6.45) is 0. The minimum atomic E-state index is 0.650. The molecule has 12 heavy (non-hydrogen) atoms. The zero-order valence-electron chi connectivity index (χ0n) is 7.01. The van der Waals surface area contributed by atoms with Gasteiger partial charge in [-0.3, -0.25) is 0 Å². The van der Waals surface area contributed by atoms with E-state index in [9.17, 15) is 0 Å². The molecule has 0 saturated heterocycles. The minimum absolute atomic E-state index is 0.650. The molecule has 1 aromatic rings. The van der Waals surface area contributed by atoms with E-state index in [0.717, 1.165) is 12.1 Å². The van der Waals surface area contributed by atoms with Crippen molar-refractivity contribution in [2.75, 3.05) is 7.11 Å². The predicted octanol–water partition coefficient (Wildman–Crippen LogP) is 1.20. The van der Waals surface area contributed by atoms with E-state index >= 15 is 0 Å².